The van der Waals surface area contributed by atoms with Gasteiger partial charge in [-0.05, 0) is 61.7 Å². The van der Waals surface area contributed by atoms with Crippen LogP contribution in [-0.4, -0.2) is 18.9 Å². The number of esters is 1. The number of hydrogen-bond donors (Lipinski definition) is 0. The molecular formula is C18H16O4. The van der Waals surface area contributed by atoms with Crippen molar-refractivity contribution in [2.75, 3.05) is 7.11 Å². The highest BCUT2D eigenvalue weighted by Crippen LogP contribution is 2.28. The number of carbonyl (C=O) groups excluding carboxylic acids is 2. The van der Waals surface area contributed by atoms with Crippen molar-refractivity contribution in [3.8, 4) is 0 Å². The Hall–Kier alpha value is -2.62. The summed E-state index contributed by atoms with van der Waals surface area (Å²) in [6.07, 6.45) is 3.15. The summed E-state index contributed by atoms with van der Waals surface area (Å²) in [5.74, 6) is 1.11. The largest absolute Gasteiger partial charge is 0.465 e. The van der Waals surface area contributed by atoms with Gasteiger partial charge in [-0.3, -0.25) is 4.79 Å². The highest BCUT2D eigenvalue weighted by atomic mass is 16.5. The molecule has 0 bridgehead atoms. The van der Waals surface area contributed by atoms with Crippen LogP contribution in [0.1, 0.15) is 44.2 Å². The van der Waals surface area contributed by atoms with Gasteiger partial charge in [0, 0.05) is 11.1 Å². The van der Waals surface area contributed by atoms with E-state index >= 15 is 0 Å². The van der Waals surface area contributed by atoms with E-state index in [9.17, 15) is 9.59 Å². The summed E-state index contributed by atoms with van der Waals surface area (Å²) in [7, 11) is 1.35. The molecule has 3 rings (SSSR count). The third kappa shape index (κ3) is 2.60. The van der Waals surface area contributed by atoms with Gasteiger partial charge in [0.15, 0.2) is 5.78 Å². The SMILES string of the molecule is COC(=O)c1ccc2c(c1)CC/C(=C/c1ccc(C)o1)C2=O. The summed E-state index contributed by atoms with van der Waals surface area (Å²) in [5, 5.41) is 0. The molecule has 4 heteroatoms. The minimum Gasteiger partial charge on any atom is -0.465 e. The zero-order chi connectivity index (χ0) is 15.7. The third-order valence-corrected chi connectivity index (χ3v) is 3.80. The maximum absolute atomic E-state index is 12.6. The van der Waals surface area contributed by atoms with Crippen LogP contribution in [0.3, 0.4) is 0 Å². The lowest BCUT2D eigenvalue weighted by Gasteiger charge is -2.17. The van der Waals surface area contributed by atoms with Crippen LogP contribution >= 0.6 is 0 Å². The Bertz CT molecular complexity index is 780. The van der Waals surface area contributed by atoms with Crippen molar-refractivity contribution in [2.24, 2.45) is 0 Å². The van der Waals surface area contributed by atoms with E-state index in [4.69, 9.17) is 9.15 Å². The Kier molecular flexibility index (Phi) is 3.67. The second-order valence-electron chi connectivity index (χ2n) is 5.31. The molecule has 0 unspecified atom stereocenters. The van der Waals surface area contributed by atoms with Gasteiger partial charge >= 0.3 is 5.97 Å². The molecule has 1 aromatic heterocycles. The molecule has 4 nitrogen and oxygen atoms in total. The lowest BCUT2D eigenvalue weighted by Crippen LogP contribution is -2.15. The number of aryl methyl sites for hydroxylation is 2. The molecule has 0 spiro atoms. The van der Waals surface area contributed by atoms with E-state index in [1.165, 1.54) is 7.11 Å². The van der Waals surface area contributed by atoms with E-state index in [0.29, 0.717) is 23.3 Å². The van der Waals surface area contributed by atoms with E-state index in [0.717, 1.165) is 23.3 Å². The van der Waals surface area contributed by atoms with E-state index < -0.39 is 0 Å². The Morgan fingerprint density at radius 1 is 1.23 bits per heavy atom. The van der Waals surface area contributed by atoms with Crippen LogP contribution in [0.2, 0.25) is 0 Å². The maximum Gasteiger partial charge on any atom is 0.337 e. The monoisotopic (exact) mass is 296 g/mol. The minimum atomic E-state index is -0.386. The summed E-state index contributed by atoms with van der Waals surface area (Å²) in [6, 6.07) is 8.79. The van der Waals surface area contributed by atoms with Crippen molar-refractivity contribution in [2.45, 2.75) is 19.8 Å². The molecule has 0 saturated heterocycles. The number of hydrogen-bond acceptors (Lipinski definition) is 4. The molecule has 0 atom stereocenters. The molecular weight excluding hydrogens is 280 g/mol. The summed E-state index contributed by atoms with van der Waals surface area (Å²) < 4.78 is 10.2. The number of fused-ring (bicyclic) bond motifs is 1. The molecule has 0 saturated carbocycles. The third-order valence-electron chi connectivity index (χ3n) is 3.80. The first-order valence-electron chi connectivity index (χ1n) is 7.11. The van der Waals surface area contributed by atoms with Gasteiger partial charge in [-0.1, -0.05) is 0 Å². The van der Waals surface area contributed by atoms with Crippen LogP contribution in [-0.2, 0) is 11.2 Å². The molecule has 0 radical (unpaired) electrons. The van der Waals surface area contributed by atoms with Crippen LogP contribution in [0, 0.1) is 6.92 Å². The van der Waals surface area contributed by atoms with Gasteiger partial charge in [0.2, 0.25) is 0 Å². The van der Waals surface area contributed by atoms with Gasteiger partial charge in [-0.2, -0.15) is 0 Å². The predicted molar refractivity (Wildman–Crippen MR) is 81.9 cm³/mol. The molecule has 1 aliphatic carbocycles. The molecule has 1 aromatic carbocycles. The zero-order valence-corrected chi connectivity index (χ0v) is 12.5. The molecule has 22 heavy (non-hydrogen) atoms. The normalized spacial score (nSPS) is 15.7. The smallest absolute Gasteiger partial charge is 0.337 e. The van der Waals surface area contributed by atoms with Crippen molar-refractivity contribution in [1.29, 1.82) is 0 Å². The van der Waals surface area contributed by atoms with Crippen LogP contribution < -0.4 is 0 Å². The number of carbonyl (C=O) groups is 2. The van der Waals surface area contributed by atoms with Gasteiger partial charge in [0.05, 0.1) is 12.7 Å². The fourth-order valence-electron chi connectivity index (χ4n) is 2.66. The van der Waals surface area contributed by atoms with Gasteiger partial charge in [-0.25, -0.2) is 4.79 Å². The topological polar surface area (TPSA) is 56.5 Å². The van der Waals surface area contributed by atoms with Crippen LogP contribution in [0.25, 0.3) is 6.08 Å². The summed E-state index contributed by atoms with van der Waals surface area (Å²) in [4.78, 5) is 24.1. The number of ether oxygens (including phenoxy) is 1. The Morgan fingerprint density at radius 2 is 2.05 bits per heavy atom. The predicted octanol–water partition coefficient (Wildman–Crippen LogP) is 3.59. The van der Waals surface area contributed by atoms with Crippen molar-refractivity contribution in [3.63, 3.8) is 0 Å². The van der Waals surface area contributed by atoms with Crippen LogP contribution in [0.4, 0.5) is 0 Å². The number of rotatable bonds is 2. The number of methoxy groups -OCH3 is 1. The van der Waals surface area contributed by atoms with Gasteiger partial charge in [-0.15, -0.1) is 0 Å². The highest BCUT2D eigenvalue weighted by Gasteiger charge is 2.23. The first-order valence-corrected chi connectivity index (χ1v) is 7.11. The maximum atomic E-state index is 12.6. The van der Waals surface area contributed by atoms with E-state index in [1.54, 1.807) is 24.3 Å². The van der Waals surface area contributed by atoms with Crippen molar-refractivity contribution < 1.29 is 18.7 Å². The Morgan fingerprint density at radius 3 is 2.73 bits per heavy atom. The fraction of sp³-hybridized carbons (Fsp3) is 0.222. The molecule has 2 aromatic rings. The Balaban J connectivity index is 1.93. The zero-order valence-electron chi connectivity index (χ0n) is 12.5. The number of benzene rings is 1. The second kappa shape index (κ2) is 5.64. The fourth-order valence-corrected chi connectivity index (χ4v) is 2.66. The number of Topliss-reactive ketones (excluding diaryl/α,β-unsaturated/α-hetero) is 1. The minimum absolute atomic E-state index is 0.00767. The van der Waals surface area contributed by atoms with Crippen LogP contribution in [0.5, 0.6) is 0 Å². The Labute approximate surface area is 128 Å². The summed E-state index contributed by atoms with van der Waals surface area (Å²) in [5.41, 5.74) is 2.74. The first-order chi connectivity index (χ1) is 10.6. The van der Waals surface area contributed by atoms with E-state index in [1.807, 2.05) is 19.1 Å². The highest BCUT2D eigenvalue weighted by molar-refractivity contribution is 6.13. The average Bonchev–Trinajstić information content (AvgIpc) is 2.94. The molecule has 0 amide bonds. The summed E-state index contributed by atoms with van der Waals surface area (Å²) >= 11 is 0. The molecule has 0 N–H and O–H groups in total. The number of furan rings is 1. The van der Waals surface area contributed by atoms with Gasteiger partial charge in [0.1, 0.15) is 11.5 Å². The molecule has 0 fully saturated rings. The molecule has 1 heterocycles. The molecule has 112 valence electrons. The van der Waals surface area contributed by atoms with Gasteiger partial charge in [0.25, 0.3) is 0 Å². The average molecular weight is 296 g/mol. The van der Waals surface area contributed by atoms with Crippen LogP contribution in [0.15, 0.2) is 40.3 Å². The van der Waals surface area contributed by atoms with E-state index in [2.05, 4.69) is 0 Å². The van der Waals surface area contributed by atoms with E-state index in [-0.39, 0.29) is 11.8 Å². The quantitative estimate of drug-likeness (QED) is 0.628. The standard InChI is InChI=1S/C18H16O4/c1-11-3-7-15(22-11)10-13-5-4-12-9-14(18(20)21-2)6-8-16(12)17(13)19/h3,6-10H,4-5H2,1-2H3/b13-10-. The first kappa shape index (κ1) is 14.3. The second-order valence-corrected chi connectivity index (χ2v) is 5.31. The van der Waals surface area contributed by atoms with Crippen molar-refractivity contribution >= 4 is 17.8 Å². The van der Waals surface area contributed by atoms with Crippen molar-refractivity contribution in [3.05, 3.63) is 64.1 Å². The number of allylic oxidation sites excluding steroid dienone is 1. The number of ketones is 1. The van der Waals surface area contributed by atoms with Gasteiger partial charge < -0.3 is 9.15 Å². The van der Waals surface area contributed by atoms with Crippen molar-refractivity contribution in [1.82, 2.24) is 0 Å². The lowest BCUT2D eigenvalue weighted by atomic mass is 9.85. The summed E-state index contributed by atoms with van der Waals surface area (Å²) in [6.45, 7) is 1.87. The molecule has 1 aliphatic rings. The lowest BCUT2D eigenvalue weighted by molar-refractivity contribution is 0.0600. The molecule has 0 aliphatic heterocycles.